The van der Waals surface area contributed by atoms with Crippen molar-refractivity contribution < 1.29 is 16.8 Å². The predicted molar refractivity (Wildman–Crippen MR) is 77.5 cm³/mol. The van der Waals surface area contributed by atoms with Gasteiger partial charge in [0.05, 0.1) is 27.8 Å². The van der Waals surface area contributed by atoms with Gasteiger partial charge in [-0.1, -0.05) is 0 Å². The highest BCUT2D eigenvalue weighted by atomic mass is 32.2. The molecule has 112 valence electrons. The Balaban J connectivity index is 2.18. The summed E-state index contributed by atoms with van der Waals surface area (Å²) in [5.74, 6) is 0.249. The molecule has 0 radical (unpaired) electrons. The molecule has 1 heterocycles. The number of nitrogens with one attached hydrogen (secondary N) is 1. The summed E-state index contributed by atoms with van der Waals surface area (Å²) in [6.45, 7) is 0. The van der Waals surface area contributed by atoms with E-state index in [1.165, 1.54) is 18.2 Å². The molecule has 0 unspecified atom stereocenters. The van der Waals surface area contributed by atoms with E-state index in [2.05, 4.69) is 5.32 Å². The molecular formula is C11H17N3O4S2. The van der Waals surface area contributed by atoms with Crippen molar-refractivity contribution in [1.29, 1.82) is 0 Å². The van der Waals surface area contributed by atoms with Gasteiger partial charge in [-0.05, 0) is 31.0 Å². The fourth-order valence-corrected chi connectivity index (χ4v) is 4.12. The van der Waals surface area contributed by atoms with Gasteiger partial charge in [0.1, 0.15) is 9.84 Å². The molecule has 1 aromatic carbocycles. The van der Waals surface area contributed by atoms with Gasteiger partial charge in [0.15, 0.2) is 0 Å². The molecular weight excluding hydrogens is 302 g/mol. The quantitative estimate of drug-likeness (QED) is 0.667. The van der Waals surface area contributed by atoms with Crippen LogP contribution < -0.4 is 16.2 Å². The van der Waals surface area contributed by atoms with E-state index < -0.39 is 19.9 Å². The molecule has 0 atom stereocenters. The third kappa shape index (κ3) is 3.62. The summed E-state index contributed by atoms with van der Waals surface area (Å²) in [6.07, 6.45) is 0.947. The first-order chi connectivity index (χ1) is 9.17. The van der Waals surface area contributed by atoms with Gasteiger partial charge < -0.3 is 11.1 Å². The molecule has 1 aromatic rings. The summed E-state index contributed by atoms with van der Waals surface area (Å²) in [4.78, 5) is -0.0300. The Morgan fingerprint density at radius 2 is 1.80 bits per heavy atom. The molecule has 7 nitrogen and oxygen atoms in total. The van der Waals surface area contributed by atoms with Crippen LogP contribution in [-0.4, -0.2) is 34.4 Å². The average molecular weight is 319 g/mol. The number of nitrogen functional groups attached to an aromatic ring is 1. The topological polar surface area (TPSA) is 132 Å². The van der Waals surface area contributed by atoms with Gasteiger partial charge in [-0.3, -0.25) is 0 Å². The van der Waals surface area contributed by atoms with Crippen LogP contribution in [0.3, 0.4) is 0 Å². The molecule has 2 rings (SSSR count). The number of benzene rings is 1. The number of rotatable bonds is 3. The fourth-order valence-electron chi connectivity index (χ4n) is 2.09. The maximum absolute atomic E-state index is 11.4. The molecule has 1 fully saturated rings. The van der Waals surface area contributed by atoms with Crippen LogP contribution in [0.2, 0.25) is 0 Å². The highest BCUT2D eigenvalue weighted by Gasteiger charge is 2.24. The SMILES string of the molecule is Nc1ccc(S(N)(=O)=O)cc1NC1CCS(=O)(=O)CC1. The van der Waals surface area contributed by atoms with Crippen molar-refractivity contribution in [3.05, 3.63) is 18.2 Å². The zero-order chi connectivity index (χ0) is 15.0. The van der Waals surface area contributed by atoms with Crippen LogP contribution in [0.4, 0.5) is 11.4 Å². The van der Waals surface area contributed by atoms with Crippen LogP contribution in [0, 0.1) is 0 Å². The van der Waals surface area contributed by atoms with Gasteiger partial charge in [0.2, 0.25) is 10.0 Å². The van der Waals surface area contributed by atoms with E-state index in [4.69, 9.17) is 10.9 Å². The number of nitrogens with two attached hydrogens (primary N) is 2. The van der Waals surface area contributed by atoms with Gasteiger partial charge in [0, 0.05) is 6.04 Å². The van der Waals surface area contributed by atoms with E-state index >= 15 is 0 Å². The predicted octanol–water partition coefficient (Wildman–Crippen LogP) is -0.0947. The highest BCUT2D eigenvalue weighted by Crippen LogP contribution is 2.25. The second kappa shape index (κ2) is 5.23. The lowest BCUT2D eigenvalue weighted by Crippen LogP contribution is -2.32. The molecule has 20 heavy (non-hydrogen) atoms. The third-order valence-corrected chi connectivity index (χ3v) is 5.89. The number of primary sulfonamides is 1. The molecule has 1 aliphatic rings. The summed E-state index contributed by atoms with van der Waals surface area (Å²) < 4.78 is 45.3. The minimum atomic E-state index is -3.79. The van der Waals surface area contributed by atoms with Crippen molar-refractivity contribution >= 4 is 31.2 Å². The minimum Gasteiger partial charge on any atom is -0.397 e. The van der Waals surface area contributed by atoms with Crippen molar-refractivity contribution in [2.75, 3.05) is 22.6 Å². The van der Waals surface area contributed by atoms with Crippen molar-refractivity contribution in [2.45, 2.75) is 23.8 Å². The minimum absolute atomic E-state index is 0.0300. The average Bonchev–Trinajstić information content (AvgIpc) is 2.33. The Morgan fingerprint density at radius 1 is 1.20 bits per heavy atom. The van der Waals surface area contributed by atoms with E-state index in [0.29, 0.717) is 24.2 Å². The molecule has 1 saturated heterocycles. The van der Waals surface area contributed by atoms with Crippen molar-refractivity contribution in [3.63, 3.8) is 0 Å². The van der Waals surface area contributed by atoms with E-state index in [9.17, 15) is 16.8 Å². The normalized spacial score (nSPS) is 19.6. The first-order valence-electron chi connectivity index (χ1n) is 6.07. The molecule has 1 aliphatic heterocycles. The van der Waals surface area contributed by atoms with Gasteiger partial charge >= 0.3 is 0 Å². The summed E-state index contributed by atoms with van der Waals surface area (Å²) in [7, 11) is -6.73. The Morgan fingerprint density at radius 3 is 2.35 bits per heavy atom. The van der Waals surface area contributed by atoms with Gasteiger partial charge in [-0.2, -0.15) is 0 Å². The lowest BCUT2D eigenvalue weighted by atomic mass is 10.1. The molecule has 0 aliphatic carbocycles. The van der Waals surface area contributed by atoms with Crippen molar-refractivity contribution in [2.24, 2.45) is 5.14 Å². The number of sulfonamides is 1. The Labute approximate surface area is 118 Å². The van der Waals surface area contributed by atoms with Crippen molar-refractivity contribution in [1.82, 2.24) is 0 Å². The smallest absolute Gasteiger partial charge is 0.238 e. The van der Waals surface area contributed by atoms with E-state index in [1.807, 2.05) is 0 Å². The molecule has 5 N–H and O–H groups in total. The van der Waals surface area contributed by atoms with Crippen LogP contribution in [0.5, 0.6) is 0 Å². The first kappa shape index (κ1) is 15.1. The summed E-state index contributed by atoms with van der Waals surface area (Å²) in [5.41, 5.74) is 6.64. The Bertz CT molecular complexity index is 699. The molecule has 0 aromatic heterocycles. The summed E-state index contributed by atoms with van der Waals surface area (Å²) >= 11 is 0. The maximum Gasteiger partial charge on any atom is 0.238 e. The maximum atomic E-state index is 11.4. The summed E-state index contributed by atoms with van der Waals surface area (Å²) in [6, 6.07) is 4.12. The van der Waals surface area contributed by atoms with Crippen LogP contribution >= 0.6 is 0 Å². The Hall–Kier alpha value is -1.32. The van der Waals surface area contributed by atoms with Crippen molar-refractivity contribution in [3.8, 4) is 0 Å². The highest BCUT2D eigenvalue weighted by molar-refractivity contribution is 7.91. The van der Waals surface area contributed by atoms with Gasteiger partial charge in [-0.25, -0.2) is 22.0 Å². The number of anilines is 2. The lowest BCUT2D eigenvalue weighted by Gasteiger charge is -2.24. The standard InChI is InChI=1S/C11H17N3O4S2/c12-10-2-1-9(20(13,17)18)7-11(10)14-8-3-5-19(15,16)6-4-8/h1-2,7-8,14H,3-6,12H2,(H2,13,17,18). The van der Waals surface area contributed by atoms with Crippen LogP contribution in [0.15, 0.2) is 23.1 Å². The second-order valence-corrected chi connectivity index (χ2v) is 8.73. The first-order valence-corrected chi connectivity index (χ1v) is 9.43. The van der Waals surface area contributed by atoms with Crippen LogP contribution in [0.1, 0.15) is 12.8 Å². The Kier molecular flexibility index (Phi) is 3.94. The lowest BCUT2D eigenvalue weighted by molar-refractivity contribution is 0.559. The zero-order valence-electron chi connectivity index (χ0n) is 10.7. The van der Waals surface area contributed by atoms with Crippen LogP contribution in [-0.2, 0) is 19.9 Å². The molecule has 0 saturated carbocycles. The molecule has 0 bridgehead atoms. The van der Waals surface area contributed by atoms with E-state index in [-0.39, 0.29) is 22.4 Å². The number of hydrogen-bond donors (Lipinski definition) is 3. The summed E-state index contributed by atoms with van der Waals surface area (Å²) in [5, 5.41) is 8.16. The number of sulfone groups is 1. The largest absolute Gasteiger partial charge is 0.397 e. The third-order valence-electron chi connectivity index (χ3n) is 3.27. The van der Waals surface area contributed by atoms with E-state index in [0.717, 1.165) is 0 Å². The van der Waals surface area contributed by atoms with Gasteiger partial charge in [-0.15, -0.1) is 0 Å². The molecule has 9 heteroatoms. The fraction of sp³-hybridized carbons (Fsp3) is 0.455. The monoisotopic (exact) mass is 319 g/mol. The number of hydrogen-bond acceptors (Lipinski definition) is 6. The second-order valence-electron chi connectivity index (χ2n) is 4.86. The molecule has 0 spiro atoms. The van der Waals surface area contributed by atoms with E-state index in [1.54, 1.807) is 0 Å². The molecule has 0 amide bonds. The van der Waals surface area contributed by atoms with Crippen LogP contribution in [0.25, 0.3) is 0 Å². The van der Waals surface area contributed by atoms with Gasteiger partial charge in [0.25, 0.3) is 0 Å². The zero-order valence-corrected chi connectivity index (χ0v) is 12.4.